The van der Waals surface area contributed by atoms with Gasteiger partial charge in [0.2, 0.25) is 5.88 Å². The standard InChI is InChI=1S/C33H37N5O4S/c1-19-14-26-30(34-16-19)42-33(11-12-33)18-37(43(26)41)17-24-15-23(7-6-20(24)2)27(32(4,5)31(39)40)25-10-13-38-28(21(25)3)35-36-29(38)22-8-9-22/h6-7,10,13-16,22,27H,8-9,11-12,17-18H2,1-5H3,(H,39,40). The van der Waals surface area contributed by atoms with Crippen molar-refractivity contribution in [3.63, 3.8) is 0 Å². The number of hydrogen-bond donors (Lipinski definition) is 1. The van der Waals surface area contributed by atoms with Crippen LogP contribution < -0.4 is 4.74 Å². The second-order valence-electron chi connectivity index (χ2n) is 13.2. The van der Waals surface area contributed by atoms with Crippen molar-refractivity contribution in [2.45, 2.75) is 89.2 Å². The van der Waals surface area contributed by atoms with Gasteiger partial charge in [0.25, 0.3) is 0 Å². The highest BCUT2D eigenvalue weighted by atomic mass is 32.2. The summed E-state index contributed by atoms with van der Waals surface area (Å²) in [6, 6.07) is 10.1. The number of carboxylic acid groups (broad SMARTS) is 1. The number of aliphatic carboxylic acids is 1. The van der Waals surface area contributed by atoms with Gasteiger partial charge in [0.1, 0.15) is 27.3 Å². The number of aromatic nitrogens is 4. The summed E-state index contributed by atoms with van der Waals surface area (Å²) in [5, 5.41) is 19.5. The van der Waals surface area contributed by atoms with Crippen LogP contribution in [-0.4, -0.2) is 51.3 Å². The zero-order valence-electron chi connectivity index (χ0n) is 25.3. The van der Waals surface area contributed by atoms with E-state index in [1.54, 1.807) is 20.0 Å². The first-order valence-corrected chi connectivity index (χ1v) is 16.1. The van der Waals surface area contributed by atoms with Gasteiger partial charge in [0.15, 0.2) is 5.65 Å². The lowest BCUT2D eigenvalue weighted by Gasteiger charge is -2.33. The van der Waals surface area contributed by atoms with Gasteiger partial charge < -0.3 is 9.84 Å². The van der Waals surface area contributed by atoms with Crippen molar-refractivity contribution < 1.29 is 18.8 Å². The van der Waals surface area contributed by atoms with Crippen molar-refractivity contribution in [3.05, 3.63) is 81.9 Å². The van der Waals surface area contributed by atoms with Gasteiger partial charge in [-0.05, 0) is 106 Å². The number of aryl methyl sites for hydroxylation is 3. The van der Waals surface area contributed by atoms with Crippen molar-refractivity contribution in [2.75, 3.05) is 6.54 Å². The van der Waals surface area contributed by atoms with Crippen LogP contribution in [0.2, 0.25) is 0 Å². The van der Waals surface area contributed by atoms with E-state index in [9.17, 15) is 14.1 Å². The molecule has 7 rings (SSSR count). The van der Waals surface area contributed by atoms with Crippen LogP contribution in [0.4, 0.5) is 0 Å². The van der Waals surface area contributed by atoms with E-state index in [1.165, 1.54) is 0 Å². The number of carboxylic acids is 1. The average molecular weight is 600 g/mol. The molecule has 1 aliphatic heterocycles. The monoisotopic (exact) mass is 599 g/mol. The molecule has 0 amide bonds. The molecular formula is C33H37N5O4S. The molecule has 0 radical (unpaired) electrons. The number of carbonyl (C=O) groups is 1. The fourth-order valence-corrected chi connectivity index (χ4v) is 7.81. The maximum atomic E-state index is 14.0. The second kappa shape index (κ2) is 9.95. The smallest absolute Gasteiger partial charge is 0.310 e. The molecule has 2 fully saturated rings. The van der Waals surface area contributed by atoms with Crippen LogP contribution in [-0.2, 0) is 22.3 Å². The Kier molecular flexibility index (Phi) is 6.52. The maximum Gasteiger partial charge on any atom is 0.310 e. The Morgan fingerprint density at radius 3 is 2.63 bits per heavy atom. The quantitative estimate of drug-likeness (QED) is 0.294. The van der Waals surface area contributed by atoms with Gasteiger partial charge in [0.05, 0.1) is 12.0 Å². The molecule has 9 nitrogen and oxygen atoms in total. The van der Waals surface area contributed by atoms with Gasteiger partial charge >= 0.3 is 5.97 Å². The molecule has 1 spiro atoms. The molecule has 2 unspecified atom stereocenters. The second-order valence-corrected chi connectivity index (χ2v) is 14.7. The Balaban J connectivity index is 1.29. The highest BCUT2D eigenvalue weighted by Crippen LogP contribution is 2.47. The lowest BCUT2D eigenvalue weighted by atomic mass is 9.70. The summed E-state index contributed by atoms with van der Waals surface area (Å²) in [6.45, 7) is 10.6. The van der Waals surface area contributed by atoms with Crippen molar-refractivity contribution in [1.82, 2.24) is 23.9 Å². The van der Waals surface area contributed by atoms with E-state index >= 15 is 0 Å². The summed E-state index contributed by atoms with van der Waals surface area (Å²) in [4.78, 5) is 17.8. The Labute approximate surface area is 253 Å². The van der Waals surface area contributed by atoms with Crippen LogP contribution in [0.25, 0.3) is 5.65 Å². The Morgan fingerprint density at radius 2 is 1.93 bits per heavy atom. The van der Waals surface area contributed by atoms with E-state index in [-0.39, 0.29) is 5.60 Å². The van der Waals surface area contributed by atoms with E-state index in [0.29, 0.717) is 29.8 Å². The summed E-state index contributed by atoms with van der Waals surface area (Å²) >= 11 is 0. The molecule has 1 N–H and O–H groups in total. The van der Waals surface area contributed by atoms with Crippen molar-refractivity contribution in [2.24, 2.45) is 5.41 Å². The van der Waals surface area contributed by atoms with Gasteiger partial charge in [0, 0.05) is 30.8 Å². The number of pyridine rings is 2. The van der Waals surface area contributed by atoms with Crippen LogP contribution in [0.3, 0.4) is 0 Å². The molecule has 2 aliphatic carbocycles. The normalized spacial score (nSPS) is 20.4. The molecule has 0 saturated heterocycles. The molecule has 4 aromatic rings. The molecule has 1 aromatic carbocycles. The predicted octanol–water partition coefficient (Wildman–Crippen LogP) is 5.62. The largest absolute Gasteiger partial charge is 0.481 e. The van der Waals surface area contributed by atoms with Crippen LogP contribution in [0.1, 0.15) is 90.6 Å². The Morgan fingerprint density at radius 1 is 1.16 bits per heavy atom. The summed E-state index contributed by atoms with van der Waals surface area (Å²) in [5.41, 5.74) is 5.05. The maximum absolute atomic E-state index is 14.0. The molecule has 10 heteroatoms. The first-order valence-electron chi connectivity index (χ1n) is 15.0. The third-order valence-corrected chi connectivity index (χ3v) is 10.8. The third kappa shape index (κ3) is 4.84. The van der Waals surface area contributed by atoms with Crippen molar-refractivity contribution in [1.29, 1.82) is 0 Å². The minimum atomic E-state index is -1.46. The van der Waals surface area contributed by atoms with Gasteiger partial charge in [-0.1, -0.05) is 18.2 Å². The number of ether oxygens (including phenoxy) is 1. The number of benzene rings is 1. The molecule has 2 saturated carbocycles. The topological polar surface area (TPSA) is 110 Å². The number of nitrogens with zero attached hydrogens (tertiary/aromatic N) is 5. The van der Waals surface area contributed by atoms with Crippen LogP contribution in [0, 0.1) is 26.2 Å². The Bertz CT molecular complexity index is 1810. The minimum absolute atomic E-state index is 0.368. The van der Waals surface area contributed by atoms with Gasteiger partial charge in [-0.3, -0.25) is 9.20 Å². The van der Waals surface area contributed by atoms with Crippen LogP contribution in [0.5, 0.6) is 5.88 Å². The average Bonchev–Trinajstić information content (AvgIpc) is 3.90. The summed E-state index contributed by atoms with van der Waals surface area (Å²) in [6.07, 6.45) is 7.80. The van der Waals surface area contributed by atoms with Crippen molar-refractivity contribution in [3.8, 4) is 5.88 Å². The molecule has 2 atom stereocenters. The lowest BCUT2D eigenvalue weighted by molar-refractivity contribution is -0.147. The zero-order valence-corrected chi connectivity index (χ0v) is 26.1. The van der Waals surface area contributed by atoms with Crippen LogP contribution in [0.15, 0.2) is 47.6 Å². The molecule has 3 aromatic heterocycles. The van der Waals surface area contributed by atoms with E-state index in [4.69, 9.17) is 4.74 Å². The molecule has 3 aliphatic rings. The molecule has 224 valence electrons. The fraction of sp³-hybridized carbons (Fsp3) is 0.455. The van der Waals surface area contributed by atoms with E-state index in [1.807, 2.05) is 49.5 Å². The minimum Gasteiger partial charge on any atom is -0.481 e. The highest BCUT2D eigenvalue weighted by molar-refractivity contribution is 7.82. The predicted molar refractivity (Wildman–Crippen MR) is 163 cm³/mol. The van der Waals surface area contributed by atoms with Gasteiger partial charge in [-0.2, -0.15) is 0 Å². The number of fused-ring (bicyclic) bond motifs is 2. The van der Waals surface area contributed by atoms with E-state index in [2.05, 4.69) is 31.7 Å². The molecule has 43 heavy (non-hydrogen) atoms. The van der Waals surface area contributed by atoms with E-state index < -0.39 is 28.3 Å². The lowest BCUT2D eigenvalue weighted by Crippen LogP contribution is -2.36. The van der Waals surface area contributed by atoms with Crippen molar-refractivity contribution >= 4 is 22.6 Å². The third-order valence-electron chi connectivity index (χ3n) is 9.44. The fourth-order valence-electron chi connectivity index (χ4n) is 6.39. The Hall–Kier alpha value is -3.63. The first kappa shape index (κ1) is 28.2. The van der Waals surface area contributed by atoms with Gasteiger partial charge in [-0.15, -0.1) is 10.2 Å². The van der Waals surface area contributed by atoms with Crippen LogP contribution >= 0.6 is 0 Å². The zero-order chi connectivity index (χ0) is 30.3. The molecule has 0 bridgehead atoms. The molecular weight excluding hydrogens is 562 g/mol. The summed E-state index contributed by atoms with van der Waals surface area (Å²) < 4.78 is 24.3. The highest BCUT2D eigenvalue weighted by Gasteiger charge is 2.51. The number of hydrogen-bond acceptors (Lipinski definition) is 6. The summed E-state index contributed by atoms with van der Waals surface area (Å²) in [5.74, 6) is 0.561. The summed E-state index contributed by atoms with van der Waals surface area (Å²) in [7, 11) is -1.46. The SMILES string of the molecule is Cc1cnc2c(c1)S(=O)N(Cc1cc(C(c3ccn4c(C5CC5)nnc4c3C)C(C)(C)C(=O)O)ccc1C)CC1(CC1)O2. The van der Waals surface area contributed by atoms with E-state index in [0.717, 1.165) is 70.5 Å². The molecule has 4 heterocycles. The van der Waals surface area contributed by atoms with Gasteiger partial charge in [-0.25, -0.2) is 13.5 Å². The first-order chi connectivity index (χ1) is 20.5. The number of rotatable bonds is 7.